The topological polar surface area (TPSA) is 75.7 Å². The number of amides is 1. The molecule has 0 spiro atoms. The molecule has 1 fully saturated rings. The number of hydrogen-bond acceptors (Lipinski definition) is 4. The van der Waals surface area contributed by atoms with Crippen molar-refractivity contribution in [2.45, 2.75) is 57.4 Å². The predicted molar refractivity (Wildman–Crippen MR) is 122 cm³/mol. The standard InChI is InChI=1S/C24H32N2O4S/c1-18-9-11-22(12-10-18)31(28,29)26-15-13-21(14-16-26)25-23(27)8-5-17-30-24-19(2)6-4-7-20(24)3/h4,6-7,9-12,21H,5,8,13-17H2,1-3H3,(H,25,27). The number of carbonyl (C=O) groups excluding carboxylic acids is 1. The van der Waals surface area contributed by atoms with Crippen molar-refractivity contribution in [2.24, 2.45) is 0 Å². The molecule has 1 aliphatic rings. The normalized spacial score (nSPS) is 15.6. The molecular weight excluding hydrogens is 412 g/mol. The van der Waals surface area contributed by atoms with E-state index >= 15 is 0 Å². The summed E-state index contributed by atoms with van der Waals surface area (Å²) in [6.07, 6.45) is 2.28. The second-order valence-corrected chi connectivity index (χ2v) is 10.2. The average molecular weight is 445 g/mol. The van der Waals surface area contributed by atoms with Gasteiger partial charge < -0.3 is 10.1 Å². The largest absolute Gasteiger partial charge is 0.493 e. The number of nitrogens with one attached hydrogen (secondary N) is 1. The van der Waals surface area contributed by atoms with Gasteiger partial charge in [-0.2, -0.15) is 4.31 Å². The Bertz CT molecular complexity index is 974. The Morgan fingerprint density at radius 1 is 1.03 bits per heavy atom. The van der Waals surface area contributed by atoms with E-state index in [1.54, 1.807) is 12.1 Å². The van der Waals surface area contributed by atoms with Crippen molar-refractivity contribution in [1.82, 2.24) is 9.62 Å². The van der Waals surface area contributed by atoms with Crippen LogP contribution in [0.4, 0.5) is 0 Å². The van der Waals surface area contributed by atoms with Gasteiger partial charge in [0.1, 0.15) is 5.75 Å². The molecule has 1 saturated heterocycles. The second-order valence-electron chi connectivity index (χ2n) is 8.23. The van der Waals surface area contributed by atoms with E-state index in [1.165, 1.54) is 4.31 Å². The van der Waals surface area contributed by atoms with Crippen molar-refractivity contribution in [1.29, 1.82) is 0 Å². The Morgan fingerprint density at radius 2 is 1.65 bits per heavy atom. The van der Waals surface area contributed by atoms with Crippen molar-refractivity contribution in [3.05, 3.63) is 59.2 Å². The third-order valence-electron chi connectivity index (χ3n) is 5.68. The highest BCUT2D eigenvalue weighted by atomic mass is 32.2. The Balaban J connectivity index is 1.40. The molecule has 0 aliphatic carbocycles. The number of nitrogens with zero attached hydrogens (tertiary/aromatic N) is 1. The molecule has 6 nitrogen and oxygen atoms in total. The fourth-order valence-electron chi connectivity index (χ4n) is 3.83. The molecule has 1 amide bonds. The first-order valence-corrected chi connectivity index (χ1v) is 12.3. The van der Waals surface area contributed by atoms with E-state index in [1.807, 2.05) is 51.1 Å². The third-order valence-corrected chi connectivity index (χ3v) is 7.59. The lowest BCUT2D eigenvalue weighted by Gasteiger charge is -2.31. The number of rotatable bonds is 8. The highest BCUT2D eigenvalue weighted by Gasteiger charge is 2.29. The van der Waals surface area contributed by atoms with Crippen molar-refractivity contribution in [3.63, 3.8) is 0 Å². The zero-order valence-corrected chi connectivity index (χ0v) is 19.4. The molecule has 0 radical (unpaired) electrons. The maximum atomic E-state index is 12.8. The molecule has 168 valence electrons. The predicted octanol–water partition coefficient (Wildman–Crippen LogP) is 3.74. The molecule has 2 aromatic carbocycles. The first kappa shape index (κ1) is 23.3. The van der Waals surface area contributed by atoms with E-state index < -0.39 is 10.0 Å². The molecule has 1 aliphatic heterocycles. The molecule has 1 heterocycles. The van der Waals surface area contributed by atoms with Crippen LogP contribution in [0.15, 0.2) is 47.4 Å². The minimum absolute atomic E-state index is 0.00931. The van der Waals surface area contributed by atoms with Crippen LogP contribution in [0.1, 0.15) is 42.4 Å². The summed E-state index contributed by atoms with van der Waals surface area (Å²) < 4.78 is 33.0. The lowest BCUT2D eigenvalue weighted by molar-refractivity contribution is -0.122. The van der Waals surface area contributed by atoms with Gasteiger partial charge in [0.15, 0.2) is 0 Å². The third kappa shape index (κ3) is 6.08. The van der Waals surface area contributed by atoms with E-state index in [9.17, 15) is 13.2 Å². The van der Waals surface area contributed by atoms with Crippen molar-refractivity contribution in [3.8, 4) is 5.75 Å². The van der Waals surface area contributed by atoms with Crippen LogP contribution >= 0.6 is 0 Å². The second kappa shape index (κ2) is 10.3. The molecule has 0 atom stereocenters. The number of carbonyl (C=O) groups is 1. The number of piperidine rings is 1. The van der Waals surface area contributed by atoms with E-state index in [-0.39, 0.29) is 11.9 Å². The zero-order chi connectivity index (χ0) is 22.4. The summed E-state index contributed by atoms with van der Waals surface area (Å²) in [5, 5.41) is 3.04. The Hall–Kier alpha value is -2.38. The molecule has 31 heavy (non-hydrogen) atoms. The monoisotopic (exact) mass is 444 g/mol. The maximum Gasteiger partial charge on any atom is 0.243 e. The fraction of sp³-hybridized carbons (Fsp3) is 0.458. The number of benzene rings is 2. The molecule has 0 aromatic heterocycles. The van der Waals surface area contributed by atoms with Gasteiger partial charge in [0.2, 0.25) is 15.9 Å². The van der Waals surface area contributed by atoms with Crippen LogP contribution in [-0.4, -0.2) is 44.4 Å². The lowest BCUT2D eigenvalue weighted by atomic mass is 10.1. The van der Waals surface area contributed by atoms with Gasteiger partial charge in [0.25, 0.3) is 0 Å². The van der Waals surface area contributed by atoms with Crippen LogP contribution in [0.3, 0.4) is 0 Å². The van der Waals surface area contributed by atoms with Crippen LogP contribution in [0.25, 0.3) is 0 Å². The van der Waals surface area contributed by atoms with Gasteiger partial charge in [-0.15, -0.1) is 0 Å². The molecule has 0 bridgehead atoms. The van der Waals surface area contributed by atoms with Crippen molar-refractivity contribution >= 4 is 15.9 Å². The van der Waals surface area contributed by atoms with Crippen LogP contribution in [0, 0.1) is 20.8 Å². The summed E-state index contributed by atoms with van der Waals surface area (Å²) in [5.74, 6) is 0.884. The Labute approximate surface area is 185 Å². The van der Waals surface area contributed by atoms with Gasteiger partial charge >= 0.3 is 0 Å². The van der Waals surface area contributed by atoms with Crippen LogP contribution < -0.4 is 10.1 Å². The van der Waals surface area contributed by atoms with Gasteiger partial charge in [-0.25, -0.2) is 8.42 Å². The van der Waals surface area contributed by atoms with E-state index in [0.29, 0.717) is 50.3 Å². The lowest BCUT2D eigenvalue weighted by Crippen LogP contribution is -2.46. The maximum absolute atomic E-state index is 12.8. The smallest absolute Gasteiger partial charge is 0.243 e. The number of aryl methyl sites for hydroxylation is 3. The molecule has 0 saturated carbocycles. The summed E-state index contributed by atoms with van der Waals surface area (Å²) >= 11 is 0. The first-order valence-electron chi connectivity index (χ1n) is 10.8. The van der Waals surface area contributed by atoms with Gasteiger partial charge in [-0.05, 0) is 63.3 Å². The van der Waals surface area contributed by atoms with E-state index in [0.717, 1.165) is 22.4 Å². The molecular formula is C24H32N2O4S. The van der Waals surface area contributed by atoms with Gasteiger partial charge in [0, 0.05) is 25.6 Å². The number of ether oxygens (including phenoxy) is 1. The molecule has 1 N–H and O–H groups in total. The fourth-order valence-corrected chi connectivity index (χ4v) is 5.30. The van der Waals surface area contributed by atoms with E-state index in [4.69, 9.17) is 4.74 Å². The highest BCUT2D eigenvalue weighted by molar-refractivity contribution is 7.89. The Kier molecular flexibility index (Phi) is 7.73. The van der Waals surface area contributed by atoms with Crippen LogP contribution in [-0.2, 0) is 14.8 Å². The van der Waals surface area contributed by atoms with Gasteiger partial charge in [-0.1, -0.05) is 35.9 Å². The first-order chi connectivity index (χ1) is 14.8. The van der Waals surface area contributed by atoms with Crippen LogP contribution in [0.5, 0.6) is 5.75 Å². The Morgan fingerprint density at radius 3 is 2.26 bits per heavy atom. The molecule has 3 rings (SSSR count). The zero-order valence-electron chi connectivity index (χ0n) is 18.6. The summed E-state index contributed by atoms with van der Waals surface area (Å²) in [7, 11) is -3.48. The number of sulfonamides is 1. The minimum atomic E-state index is -3.48. The summed E-state index contributed by atoms with van der Waals surface area (Å²) in [6, 6.07) is 13.0. The molecule has 0 unspecified atom stereocenters. The quantitative estimate of drug-likeness (QED) is 0.630. The summed E-state index contributed by atoms with van der Waals surface area (Å²) in [6.45, 7) is 7.28. The van der Waals surface area contributed by atoms with Gasteiger partial charge in [0.05, 0.1) is 11.5 Å². The minimum Gasteiger partial charge on any atom is -0.493 e. The highest BCUT2D eigenvalue weighted by Crippen LogP contribution is 2.23. The van der Waals surface area contributed by atoms with E-state index in [2.05, 4.69) is 5.32 Å². The van der Waals surface area contributed by atoms with Crippen molar-refractivity contribution in [2.75, 3.05) is 19.7 Å². The summed E-state index contributed by atoms with van der Waals surface area (Å²) in [5.41, 5.74) is 3.22. The van der Waals surface area contributed by atoms with Gasteiger partial charge in [-0.3, -0.25) is 4.79 Å². The van der Waals surface area contributed by atoms with Crippen molar-refractivity contribution < 1.29 is 17.9 Å². The molecule has 2 aromatic rings. The number of para-hydroxylation sites is 1. The summed E-state index contributed by atoms with van der Waals surface area (Å²) in [4.78, 5) is 12.6. The number of hydrogen-bond donors (Lipinski definition) is 1. The van der Waals surface area contributed by atoms with Crippen LogP contribution in [0.2, 0.25) is 0 Å². The SMILES string of the molecule is Cc1ccc(S(=O)(=O)N2CCC(NC(=O)CCCOc3c(C)cccc3C)CC2)cc1. The molecule has 7 heteroatoms. The average Bonchev–Trinajstić information content (AvgIpc) is 2.73.